The van der Waals surface area contributed by atoms with Gasteiger partial charge in [0.15, 0.2) is 0 Å². The smallest absolute Gasteiger partial charge is 0.318 e. The van der Waals surface area contributed by atoms with Gasteiger partial charge in [-0.3, -0.25) is 0 Å². The van der Waals surface area contributed by atoms with E-state index in [-0.39, 0.29) is 0 Å². The molecule has 3 aliphatic heterocycles. The minimum atomic E-state index is 0.405. The molecule has 0 amide bonds. The maximum absolute atomic E-state index is 9.31. The van der Waals surface area contributed by atoms with E-state index in [1.54, 1.807) is 0 Å². The van der Waals surface area contributed by atoms with Crippen LogP contribution in [-0.2, 0) is 13.0 Å². The van der Waals surface area contributed by atoms with Crippen molar-refractivity contribution < 1.29 is 4.74 Å². The standard InChI is InChI=1S/C30H42N6O/c1-22(2)24-9-4-10-25(18-24)35-16-7-12-27-28(20-35)32-30(37-21-26-11-6-15-34(26)3)33-29(27)36-17-5-8-23(19-36)13-14-31/h4,9-10,18,22-23,26H,5-8,11-13,15-17,19-21H2,1-3H3/t23-,26-/m0/s1. The highest BCUT2D eigenvalue weighted by Crippen LogP contribution is 2.33. The Morgan fingerprint density at radius 2 is 1.92 bits per heavy atom. The predicted octanol–water partition coefficient (Wildman–Crippen LogP) is 5.16. The molecule has 0 unspecified atom stereocenters. The van der Waals surface area contributed by atoms with Crippen LogP contribution in [0.2, 0.25) is 0 Å². The van der Waals surface area contributed by atoms with Crippen LogP contribution in [0.5, 0.6) is 6.01 Å². The summed E-state index contributed by atoms with van der Waals surface area (Å²) >= 11 is 0. The fourth-order valence-electron chi connectivity index (χ4n) is 6.13. The molecule has 3 aliphatic rings. The van der Waals surface area contributed by atoms with Gasteiger partial charge in [-0.25, -0.2) is 0 Å². The Labute approximate surface area is 222 Å². The molecule has 2 aromatic rings. The van der Waals surface area contributed by atoms with Gasteiger partial charge < -0.3 is 19.4 Å². The molecule has 1 aromatic heterocycles. The number of nitrogens with zero attached hydrogens (tertiary/aromatic N) is 6. The summed E-state index contributed by atoms with van der Waals surface area (Å²) in [7, 11) is 2.18. The maximum atomic E-state index is 9.31. The Bertz CT molecular complexity index is 1110. The fraction of sp³-hybridized carbons (Fsp3) is 0.633. The molecule has 5 rings (SSSR count). The van der Waals surface area contributed by atoms with E-state index in [0.29, 0.717) is 36.9 Å². The van der Waals surface area contributed by atoms with E-state index in [9.17, 15) is 5.26 Å². The van der Waals surface area contributed by atoms with Gasteiger partial charge in [0, 0.05) is 43.3 Å². The number of aromatic nitrogens is 2. The number of anilines is 2. The lowest BCUT2D eigenvalue weighted by Crippen LogP contribution is -2.37. The predicted molar refractivity (Wildman–Crippen MR) is 148 cm³/mol. The average molecular weight is 503 g/mol. The summed E-state index contributed by atoms with van der Waals surface area (Å²) in [4.78, 5) is 17.3. The van der Waals surface area contributed by atoms with E-state index in [0.717, 1.165) is 76.3 Å². The molecule has 0 radical (unpaired) electrons. The normalized spacial score (nSPS) is 22.6. The molecule has 2 saturated heterocycles. The van der Waals surface area contributed by atoms with E-state index in [1.807, 2.05) is 0 Å². The highest BCUT2D eigenvalue weighted by atomic mass is 16.5. The summed E-state index contributed by atoms with van der Waals surface area (Å²) in [5, 5.41) is 9.31. The maximum Gasteiger partial charge on any atom is 0.318 e. The van der Waals surface area contributed by atoms with Crippen LogP contribution in [0, 0.1) is 17.2 Å². The van der Waals surface area contributed by atoms with Crippen LogP contribution >= 0.6 is 0 Å². The third-order valence-corrected chi connectivity index (χ3v) is 8.42. The molecule has 0 N–H and O–H groups in total. The van der Waals surface area contributed by atoms with Crippen LogP contribution in [0.15, 0.2) is 24.3 Å². The Balaban J connectivity index is 1.46. The fourth-order valence-corrected chi connectivity index (χ4v) is 6.13. The zero-order valence-corrected chi connectivity index (χ0v) is 22.8. The first-order chi connectivity index (χ1) is 18.0. The molecular weight excluding hydrogens is 460 g/mol. The number of ether oxygens (including phenoxy) is 1. The molecule has 1 aromatic carbocycles. The van der Waals surface area contributed by atoms with Crippen LogP contribution in [0.3, 0.4) is 0 Å². The van der Waals surface area contributed by atoms with E-state index < -0.39 is 0 Å². The Morgan fingerprint density at radius 1 is 1.08 bits per heavy atom. The Morgan fingerprint density at radius 3 is 2.70 bits per heavy atom. The van der Waals surface area contributed by atoms with E-state index in [2.05, 4.69) is 65.9 Å². The van der Waals surface area contributed by atoms with E-state index in [4.69, 9.17) is 14.7 Å². The van der Waals surface area contributed by atoms with Crippen LogP contribution in [0.25, 0.3) is 0 Å². The van der Waals surface area contributed by atoms with Crippen molar-refractivity contribution in [2.24, 2.45) is 5.92 Å². The molecule has 7 heteroatoms. The second-order valence-corrected chi connectivity index (χ2v) is 11.4. The molecule has 0 aliphatic carbocycles. The number of nitriles is 1. The molecule has 37 heavy (non-hydrogen) atoms. The van der Waals surface area contributed by atoms with Gasteiger partial charge in [0.05, 0.1) is 18.3 Å². The quantitative estimate of drug-likeness (QED) is 0.518. The van der Waals surface area contributed by atoms with Crippen molar-refractivity contribution in [2.75, 3.05) is 49.6 Å². The lowest BCUT2D eigenvalue weighted by atomic mass is 9.95. The number of hydrogen-bond acceptors (Lipinski definition) is 7. The molecule has 0 saturated carbocycles. The number of rotatable bonds is 7. The van der Waals surface area contributed by atoms with Gasteiger partial charge in [-0.2, -0.15) is 15.2 Å². The number of likely N-dealkylation sites (tertiary alicyclic amines) is 1. The first-order valence-corrected chi connectivity index (χ1v) is 14.2. The van der Waals surface area contributed by atoms with Crippen LogP contribution in [-0.4, -0.2) is 60.7 Å². The molecule has 2 fully saturated rings. The molecule has 198 valence electrons. The highest BCUT2D eigenvalue weighted by molar-refractivity contribution is 5.55. The van der Waals surface area contributed by atoms with Crippen molar-refractivity contribution in [1.82, 2.24) is 14.9 Å². The van der Waals surface area contributed by atoms with Gasteiger partial charge in [-0.1, -0.05) is 26.0 Å². The first-order valence-electron chi connectivity index (χ1n) is 14.2. The van der Waals surface area contributed by atoms with Gasteiger partial charge in [0.2, 0.25) is 0 Å². The van der Waals surface area contributed by atoms with Gasteiger partial charge >= 0.3 is 6.01 Å². The highest BCUT2D eigenvalue weighted by Gasteiger charge is 2.29. The van der Waals surface area contributed by atoms with Crippen molar-refractivity contribution in [2.45, 2.75) is 77.3 Å². The zero-order valence-electron chi connectivity index (χ0n) is 22.8. The second kappa shape index (κ2) is 11.7. The third kappa shape index (κ3) is 6.01. The molecule has 2 atom stereocenters. The molecule has 0 bridgehead atoms. The first kappa shape index (κ1) is 25.8. The lowest BCUT2D eigenvalue weighted by molar-refractivity contribution is 0.187. The van der Waals surface area contributed by atoms with Crippen LogP contribution in [0.1, 0.15) is 75.1 Å². The number of fused-ring (bicyclic) bond motifs is 1. The summed E-state index contributed by atoms with van der Waals surface area (Å²) in [6, 6.07) is 12.3. The second-order valence-electron chi connectivity index (χ2n) is 11.4. The summed E-state index contributed by atoms with van der Waals surface area (Å²) in [6.45, 7) is 9.89. The Hall–Kier alpha value is -2.85. The average Bonchev–Trinajstić information content (AvgIpc) is 3.19. The topological polar surface area (TPSA) is 68.5 Å². The van der Waals surface area contributed by atoms with Crippen LogP contribution in [0.4, 0.5) is 11.5 Å². The Kier molecular flexibility index (Phi) is 8.14. The molecule has 7 nitrogen and oxygen atoms in total. The number of likely N-dealkylation sites (N-methyl/N-ethyl adjacent to an activating group) is 1. The van der Waals surface area contributed by atoms with Crippen LogP contribution < -0.4 is 14.5 Å². The van der Waals surface area contributed by atoms with Crippen molar-refractivity contribution in [3.63, 3.8) is 0 Å². The summed E-state index contributed by atoms with van der Waals surface area (Å²) in [6.07, 6.45) is 7.25. The van der Waals surface area contributed by atoms with Crippen molar-refractivity contribution in [1.29, 1.82) is 5.26 Å². The summed E-state index contributed by atoms with van der Waals surface area (Å²) in [5.41, 5.74) is 4.99. The minimum Gasteiger partial charge on any atom is -0.462 e. The monoisotopic (exact) mass is 502 g/mol. The number of piperidine rings is 1. The van der Waals surface area contributed by atoms with Gasteiger partial charge in [0.1, 0.15) is 12.4 Å². The summed E-state index contributed by atoms with van der Waals surface area (Å²) in [5.74, 6) is 1.95. The van der Waals surface area contributed by atoms with Gasteiger partial charge in [-0.05, 0) is 81.6 Å². The van der Waals surface area contributed by atoms with Crippen molar-refractivity contribution in [3.05, 3.63) is 41.1 Å². The number of hydrogen-bond donors (Lipinski definition) is 0. The molecule has 4 heterocycles. The molecular formula is C30H42N6O. The third-order valence-electron chi connectivity index (χ3n) is 8.42. The number of benzene rings is 1. The minimum absolute atomic E-state index is 0.405. The van der Waals surface area contributed by atoms with Crippen molar-refractivity contribution >= 4 is 11.5 Å². The largest absolute Gasteiger partial charge is 0.462 e. The zero-order chi connectivity index (χ0) is 25.8. The van der Waals surface area contributed by atoms with E-state index in [1.165, 1.54) is 23.2 Å². The molecule has 0 spiro atoms. The van der Waals surface area contributed by atoms with Crippen molar-refractivity contribution in [3.8, 4) is 12.1 Å². The van der Waals surface area contributed by atoms with Gasteiger partial charge in [-0.15, -0.1) is 0 Å². The SMILES string of the molecule is CC(C)c1cccc(N2CCCc3c(nc(OC[C@@H]4CCCN4C)nc3N3CCC[C@@H](CC#N)C3)C2)c1. The lowest BCUT2D eigenvalue weighted by Gasteiger charge is -2.34. The van der Waals surface area contributed by atoms with E-state index >= 15 is 0 Å². The summed E-state index contributed by atoms with van der Waals surface area (Å²) < 4.78 is 6.30. The van der Waals surface area contributed by atoms with Gasteiger partial charge in [0.25, 0.3) is 0 Å².